The van der Waals surface area contributed by atoms with Crippen molar-refractivity contribution in [3.8, 4) is 23.1 Å². The van der Waals surface area contributed by atoms with Gasteiger partial charge in [0.15, 0.2) is 5.82 Å². The fourth-order valence-corrected chi connectivity index (χ4v) is 1.73. The summed E-state index contributed by atoms with van der Waals surface area (Å²) in [6.07, 6.45) is 0. The van der Waals surface area contributed by atoms with E-state index < -0.39 is 0 Å². The Labute approximate surface area is 115 Å². The van der Waals surface area contributed by atoms with E-state index in [1.54, 1.807) is 12.1 Å². The van der Waals surface area contributed by atoms with Crippen LogP contribution in [0, 0.1) is 0 Å². The number of ether oxygens (including phenoxy) is 1. The van der Waals surface area contributed by atoms with Crippen molar-refractivity contribution in [3.05, 3.63) is 42.5 Å². The number of hydrogen-bond acceptors (Lipinski definition) is 6. The van der Waals surface area contributed by atoms with Gasteiger partial charge in [-0.25, -0.2) is 0 Å². The second-order valence-electron chi connectivity index (χ2n) is 4.04. The maximum absolute atomic E-state index is 5.72. The molecular formula is C13H12N6O. The van der Waals surface area contributed by atoms with Gasteiger partial charge < -0.3 is 10.5 Å². The molecule has 1 aromatic carbocycles. The number of pyridine rings is 1. The minimum Gasteiger partial charge on any atom is -0.479 e. The molecule has 7 nitrogen and oxygen atoms in total. The quantitative estimate of drug-likeness (QED) is 0.770. The molecule has 0 bridgehead atoms. The van der Waals surface area contributed by atoms with Gasteiger partial charge in [0.1, 0.15) is 0 Å². The van der Waals surface area contributed by atoms with E-state index in [1.165, 1.54) is 11.9 Å². The highest BCUT2D eigenvalue weighted by Crippen LogP contribution is 2.19. The fourth-order valence-electron chi connectivity index (χ4n) is 1.73. The zero-order valence-electron chi connectivity index (χ0n) is 10.8. The van der Waals surface area contributed by atoms with Crippen LogP contribution in [0.4, 0.5) is 5.69 Å². The summed E-state index contributed by atoms with van der Waals surface area (Å²) >= 11 is 0. The molecular weight excluding hydrogens is 256 g/mol. The van der Waals surface area contributed by atoms with Crippen LogP contribution in [0.15, 0.2) is 42.5 Å². The van der Waals surface area contributed by atoms with E-state index in [0.29, 0.717) is 23.2 Å². The van der Waals surface area contributed by atoms with Crippen LogP contribution >= 0.6 is 0 Å². The molecule has 7 heteroatoms. The van der Waals surface area contributed by atoms with E-state index in [1.807, 2.05) is 30.3 Å². The molecule has 0 amide bonds. The predicted molar refractivity (Wildman–Crippen MR) is 73.3 cm³/mol. The van der Waals surface area contributed by atoms with Crippen LogP contribution in [0.25, 0.3) is 17.2 Å². The van der Waals surface area contributed by atoms with Crippen molar-refractivity contribution in [3.63, 3.8) is 0 Å². The summed E-state index contributed by atoms with van der Waals surface area (Å²) in [5.74, 6) is 1.36. The molecule has 0 spiro atoms. The van der Waals surface area contributed by atoms with Crippen molar-refractivity contribution in [1.29, 1.82) is 0 Å². The minimum atomic E-state index is 0.334. The number of rotatable bonds is 3. The van der Waals surface area contributed by atoms with Gasteiger partial charge in [0.25, 0.3) is 0 Å². The molecule has 100 valence electrons. The lowest BCUT2D eigenvalue weighted by atomic mass is 10.2. The number of tetrazole rings is 1. The molecule has 2 heterocycles. The van der Waals surface area contributed by atoms with Gasteiger partial charge in [-0.1, -0.05) is 30.3 Å². The number of methoxy groups -OCH3 is 1. The van der Waals surface area contributed by atoms with E-state index >= 15 is 0 Å². The molecule has 0 aliphatic rings. The van der Waals surface area contributed by atoms with Gasteiger partial charge in [-0.2, -0.15) is 4.98 Å². The predicted octanol–water partition coefficient (Wildman–Crippen LogP) is 1.32. The number of nitrogens with zero attached hydrogens (tertiary/aromatic N) is 5. The summed E-state index contributed by atoms with van der Waals surface area (Å²) in [6.45, 7) is 0. The second-order valence-corrected chi connectivity index (χ2v) is 4.04. The van der Waals surface area contributed by atoms with Crippen molar-refractivity contribution < 1.29 is 4.74 Å². The molecule has 2 N–H and O–H groups in total. The molecule has 0 radical (unpaired) electrons. The number of benzene rings is 1. The number of nitrogen functional groups attached to an aromatic ring is 1. The normalized spacial score (nSPS) is 10.4. The highest BCUT2D eigenvalue weighted by atomic mass is 16.5. The Bertz CT molecular complexity index is 725. The van der Waals surface area contributed by atoms with Crippen LogP contribution in [0.2, 0.25) is 0 Å². The van der Waals surface area contributed by atoms with Gasteiger partial charge in [0.2, 0.25) is 11.7 Å². The lowest BCUT2D eigenvalue weighted by molar-refractivity contribution is 0.398. The van der Waals surface area contributed by atoms with Crippen molar-refractivity contribution in [2.75, 3.05) is 12.8 Å². The van der Waals surface area contributed by atoms with Crippen LogP contribution in [-0.2, 0) is 0 Å². The third-order valence-corrected chi connectivity index (χ3v) is 2.72. The topological polar surface area (TPSA) is 91.7 Å². The first-order valence-electron chi connectivity index (χ1n) is 5.94. The van der Waals surface area contributed by atoms with Crippen molar-refractivity contribution in [2.24, 2.45) is 0 Å². The number of aromatic nitrogens is 5. The lowest BCUT2D eigenvalue weighted by Crippen LogP contribution is -2.04. The van der Waals surface area contributed by atoms with Gasteiger partial charge in [-0.3, -0.25) is 0 Å². The maximum Gasteiger partial charge on any atom is 0.239 e. The smallest absolute Gasteiger partial charge is 0.239 e. The molecule has 3 aromatic rings. The maximum atomic E-state index is 5.72. The third-order valence-electron chi connectivity index (χ3n) is 2.72. The summed E-state index contributed by atoms with van der Waals surface area (Å²) < 4.78 is 5.07. The first-order valence-corrected chi connectivity index (χ1v) is 5.94. The van der Waals surface area contributed by atoms with E-state index in [9.17, 15) is 0 Å². The zero-order chi connectivity index (χ0) is 13.9. The molecule has 3 rings (SSSR count). The monoisotopic (exact) mass is 268 g/mol. The van der Waals surface area contributed by atoms with Crippen LogP contribution in [-0.4, -0.2) is 32.3 Å². The summed E-state index contributed by atoms with van der Waals surface area (Å²) in [7, 11) is 1.51. The van der Waals surface area contributed by atoms with Crippen molar-refractivity contribution >= 4 is 5.69 Å². The van der Waals surface area contributed by atoms with E-state index in [0.717, 1.165) is 5.56 Å². The lowest BCUT2D eigenvalue weighted by Gasteiger charge is -2.04. The standard InChI is InChI=1S/C13H12N6O/c1-20-13-10(14)7-8-11(15-13)19-17-12(16-18-19)9-5-3-2-4-6-9/h2-8H,14H2,1H3. The first-order chi connectivity index (χ1) is 9.78. The first kappa shape index (κ1) is 12.1. The largest absolute Gasteiger partial charge is 0.479 e. The summed E-state index contributed by atoms with van der Waals surface area (Å²) in [5.41, 5.74) is 7.07. The summed E-state index contributed by atoms with van der Waals surface area (Å²) in [4.78, 5) is 5.56. The van der Waals surface area contributed by atoms with Crippen LogP contribution in [0.1, 0.15) is 0 Å². The highest BCUT2D eigenvalue weighted by molar-refractivity contribution is 5.54. The van der Waals surface area contributed by atoms with Gasteiger partial charge in [-0.15, -0.1) is 15.0 Å². The van der Waals surface area contributed by atoms with Crippen LogP contribution in [0.3, 0.4) is 0 Å². The minimum absolute atomic E-state index is 0.334. The number of nitrogens with two attached hydrogens (primary N) is 1. The van der Waals surface area contributed by atoms with Gasteiger partial charge in [0.05, 0.1) is 12.8 Å². The second kappa shape index (κ2) is 4.96. The fraction of sp³-hybridized carbons (Fsp3) is 0.0769. The molecule has 20 heavy (non-hydrogen) atoms. The Morgan fingerprint density at radius 1 is 1.10 bits per heavy atom. The molecule has 0 unspecified atom stereocenters. The van der Waals surface area contributed by atoms with Crippen molar-refractivity contribution in [2.45, 2.75) is 0 Å². The Kier molecular flexibility index (Phi) is 3.00. The molecule has 0 aliphatic heterocycles. The molecule has 0 saturated carbocycles. The van der Waals surface area contributed by atoms with Gasteiger partial charge in [0, 0.05) is 5.56 Å². The van der Waals surface area contributed by atoms with E-state index in [4.69, 9.17) is 10.5 Å². The molecule has 0 saturated heterocycles. The van der Waals surface area contributed by atoms with Gasteiger partial charge in [-0.05, 0) is 17.3 Å². The number of anilines is 1. The van der Waals surface area contributed by atoms with Crippen LogP contribution in [0.5, 0.6) is 5.88 Å². The Balaban J connectivity index is 1.98. The summed E-state index contributed by atoms with van der Waals surface area (Å²) in [5, 5.41) is 12.3. The molecule has 0 fully saturated rings. The van der Waals surface area contributed by atoms with Crippen LogP contribution < -0.4 is 10.5 Å². The number of hydrogen-bond donors (Lipinski definition) is 1. The molecule has 2 aromatic heterocycles. The molecule has 0 atom stereocenters. The van der Waals surface area contributed by atoms with E-state index in [-0.39, 0.29) is 0 Å². The zero-order valence-corrected chi connectivity index (χ0v) is 10.8. The van der Waals surface area contributed by atoms with Crippen molar-refractivity contribution in [1.82, 2.24) is 25.2 Å². The SMILES string of the molecule is COc1nc(-n2nnc(-c3ccccc3)n2)ccc1N. The average Bonchev–Trinajstić information content (AvgIpc) is 2.98. The Morgan fingerprint density at radius 3 is 2.65 bits per heavy atom. The third kappa shape index (κ3) is 2.16. The summed E-state index contributed by atoms with van der Waals surface area (Å²) in [6, 6.07) is 13.0. The Hall–Kier alpha value is -2.96. The molecule has 0 aliphatic carbocycles. The van der Waals surface area contributed by atoms with E-state index in [2.05, 4.69) is 20.4 Å². The Morgan fingerprint density at radius 2 is 1.90 bits per heavy atom. The highest BCUT2D eigenvalue weighted by Gasteiger charge is 2.10. The average molecular weight is 268 g/mol. The van der Waals surface area contributed by atoms with Gasteiger partial charge >= 0.3 is 0 Å².